The molecule has 1 heterocycles. The summed E-state index contributed by atoms with van der Waals surface area (Å²) in [6.07, 6.45) is 0.533. The van der Waals surface area contributed by atoms with Crippen molar-refractivity contribution >= 4 is 5.97 Å². The van der Waals surface area contributed by atoms with E-state index in [0.29, 0.717) is 36.9 Å². The van der Waals surface area contributed by atoms with Crippen LogP contribution in [-0.4, -0.2) is 31.4 Å². The maximum absolute atomic E-state index is 10.5. The molecule has 1 N–H and O–H groups in total. The maximum atomic E-state index is 10.5. The average molecular weight is 238 g/mol. The van der Waals surface area contributed by atoms with Crippen molar-refractivity contribution in [2.75, 3.05) is 20.3 Å². The van der Waals surface area contributed by atoms with Crippen LogP contribution in [-0.2, 0) is 11.2 Å². The lowest BCUT2D eigenvalue weighted by Crippen LogP contribution is -2.16. The molecular formula is C12H14O5. The van der Waals surface area contributed by atoms with E-state index >= 15 is 0 Å². The third-order valence-corrected chi connectivity index (χ3v) is 2.52. The Hall–Kier alpha value is -1.91. The highest BCUT2D eigenvalue weighted by Crippen LogP contribution is 2.40. The van der Waals surface area contributed by atoms with E-state index in [1.165, 1.54) is 0 Å². The van der Waals surface area contributed by atoms with Gasteiger partial charge >= 0.3 is 5.97 Å². The van der Waals surface area contributed by atoms with E-state index in [0.717, 1.165) is 5.56 Å². The summed E-state index contributed by atoms with van der Waals surface area (Å²) in [4.78, 5) is 10.5. The van der Waals surface area contributed by atoms with Gasteiger partial charge in [0.2, 0.25) is 5.75 Å². The first-order valence-electron chi connectivity index (χ1n) is 5.39. The van der Waals surface area contributed by atoms with Gasteiger partial charge in [0.05, 0.1) is 7.11 Å². The van der Waals surface area contributed by atoms with E-state index in [9.17, 15) is 4.79 Å². The Bertz CT molecular complexity index is 410. The van der Waals surface area contributed by atoms with Gasteiger partial charge in [0, 0.05) is 6.42 Å². The van der Waals surface area contributed by atoms with Crippen molar-refractivity contribution < 1.29 is 24.1 Å². The Kier molecular flexibility index (Phi) is 3.37. The molecule has 0 atom stereocenters. The van der Waals surface area contributed by atoms with Gasteiger partial charge in [-0.25, -0.2) is 0 Å². The first kappa shape index (κ1) is 11.6. The quantitative estimate of drug-likeness (QED) is 0.860. The van der Waals surface area contributed by atoms with Gasteiger partial charge in [-0.05, 0) is 24.1 Å². The number of fused-ring (bicyclic) bond motifs is 1. The molecule has 92 valence electrons. The standard InChI is InChI=1S/C12H14O5/c1-15-9-6-8(2-3-11(13)14)7-10-12(9)17-5-4-16-10/h6-7H,2-5H2,1H3,(H,13,14). The van der Waals surface area contributed by atoms with Crippen LogP contribution in [0.1, 0.15) is 12.0 Å². The molecule has 0 amide bonds. The largest absolute Gasteiger partial charge is 0.493 e. The third-order valence-electron chi connectivity index (χ3n) is 2.52. The Morgan fingerprint density at radius 2 is 2.18 bits per heavy atom. The van der Waals surface area contributed by atoms with Crippen LogP contribution in [0.25, 0.3) is 0 Å². The van der Waals surface area contributed by atoms with Crippen molar-refractivity contribution in [3.05, 3.63) is 17.7 Å². The fourth-order valence-electron chi connectivity index (χ4n) is 1.72. The zero-order valence-corrected chi connectivity index (χ0v) is 9.56. The van der Waals surface area contributed by atoms with Crippen LogP contribution in [0.4, 0.5) is 0 Å². The summed E-state index contributed by atoms with van der Waals surface area (Å²) in [6.45, 7) is 0.996. The van der Waals surface area contributed by atoms with E-state index in [-0.39, 0.29) is 6.42 Å². The predicted molar refractivity (Wildman–Crippen MR) is 59.9 cm³/mol. The van der Waals surface area contributed by atoms with E-state index in [1.54, 1.807) is 19.2 Å². The lowest BCUT2D eigenvalue weighted by molar-refractivity contribution is -0.136. The van der Waals surface area contributed by atoms with Crippen molar-refractivity contribution in [1.82, 2.24) is 0 Å². The number of hydrogen-bond donors (Lipinski definition) is 1. The van der Waals surface area contributed by atoms with Gasteiger partial charge in [-0.2, -0.15) is 0 Å². The average Bonchev–Trinajstić information content (AvgIpc) is 2.35. The van der Waals surface area contributed by atoms with Crippen LogP contribution in [0.15, 0.2) is 12.1 Å². The molecule has 2 rings (SSSR count). The van der Waals surface area contributed by atoms with Gasteiger partial charge < -0.3 is 19.3 Å². The van der Waals surface area contributed by atoms with Crippen LogP contribution >= 0.6 is 0 Å². The lowest BCUT2D eigenvalue weighted by atomic mass is 10.1. The predicted octanol–water partition coefficient (Wildman–Crippen LogP) is 1.48. The second-order valence-corrected chi connectivity index (χ2v) is 3.72. The second kappa shape index (κ2) is 4.95. The normalized spacial score (nSPS) is 13.2. The zero-order valence-electron chi connectivity index (χ0n) is 9.56. The molecule has 0 saturated carbocycles. The van der Waals surface area contributed by atoms with E-state index < -0.39 is 5.97 Å². The molecule has 0 bridgehead atoms. The van der Waals surface area contributed by atoms with Crippen LogP contribution in [0.2, 0.25) is 0 Å². The number of carboxylic acid groups (broad SMARTS) is 1. The van der Waals surface area contributed by atoms with Crippen LogP contribution in [0.5, 0.6) is 17.2 Å². The molecule has 0 aliphatic carbocycles. The monoisotopic (exact) mass is 238 g/mol. The van der Waals surface area contributed by atoms with Crippen molar-refractivity contribution in [1.29, 1.82) is 0 Å². The first-order valence-corrected chi connectivity index (χ1v) is 5.39. The van der Waals surface area contributed by atoms with Crippen molar-refractivity contribution in [2.45, 2.75) is 12.8 Å². The highest BCUT2D eigenvalue weighted by Gasteiger charge is 2.18. The molecule has 0 fully saturated rings. The highest BCUT2D eigenvalue weighted by molar-refractivity contribution is 5.67. The number of aliphatic carboxylic acids is 1. The number of carbonyl (C=O) groups is 1. The van der Waals surface area contributed by atoms with Crippen LogP contribution < -0.4 is 14.2 Å². The van der Waals surface area contributed by atoms with E-state index in [4.69, 9.17) is 19.3 Å². The first-order chi connectivity index (χ1) is 8.20. The van der Waals surface area contributed by atoms with E-state index in [2.05, 4.69) is 0 Å². The summed E-state index contributed by atoms with van der Waals surface area (Å²) in [5.74, 6) is 0.982. The number of benzene rings is 1. The molecule has 0 radical (unpaired) electrons. The van der Waals surface area contributed by atoms with Gasteiger partial charge in [-0.3, -0.25) is 4.79 Å². The van der Waals surface area contributed by atoms with Gasteiger partial charge in [0.1, 0.15) is 13.2 Å². The molecular weight excluding hydrogens is 224 g/mol. The minimum atomic E-state index is -0.821. The summed E-state index contributed by atoms with van der Waals surface area (Å²) in [7, 11) is 1.55. The lowest BCUT2D eigenvalue weighted by Gasteiger charge is -2.21. The SMILES string of the molecule is COc1cc(CCC(=O)O)cc2c1OCCO2. The zero-order chi connectivity index (χ0) is 12.3. The molecule has 17 heavy (non-hydrogen) atoms. The van der Waals surface area contributed by atoms with Crippen LogP contribution in [0.3, 0.4) is 0 Å². The van der Waals surface area contributed by atoms with Crippen molar-refractivity contribution in [3.63, 3.8) is 0 Å². The van der Waals surface area contributed by atoms with Crippen molar-refractivity contribution in [2.24, 2.45) is 0 Å². The fourth-order valence-corrected chi connectivity index (χ4v) is 1.72. The number of methoxy groups -OCH3 is 1. The Labute approximate surface area is 98.9 Å². The topological polar surface area (TPSA) is 65.0 Å². The Morgan fingerprint density at radius 3 is 2.88 bits per heavy atom. The summed E-state index contributed by atoms with van der Waals surface area (Å²) >= 11 is 0. The fraction of sp³-hybridized carbons (Fsp3) is 0.417. The Morgan fingerprint density at radius 1 is 1.41 bits per heavy atom. The molecule has 5 nitrogen and oxygen atoms in total. The minimum Gasteiger partial charge on any atom is -0.493 e. The van der Waals surface area contributed by atoms with Gasteiger partial charge in [0.25, 0.3) is 0 Å². The molecule has 1 aliphatic heterocycles. The minimum absolute atomic E-state index is 0.0861. The summed E-state index contributed by atoms with van der Waals surface area (Å²) in [5, 5.41) is 8.65. The molecule has 1 aromatic rings. The summed E-state index contributed by atoms with van der Waals surface area (Å²) < 4.78 is 16.1. The molecule has 0 spiro atoms. The second-order valence-electron chi connectivity index (χ2n) is 3.72. The number of aryl methyl sites for hydroxylation is 1. The Balaban J connectivity index is 2.26. The van der Waals surface area contributed by atoms with Crippen molar-refractivity contribution in [3.8, 4) is 17.2 Å². The van der Waals surface area contributed by atoms with E-state index in [1.807, 2.05) is 0 Å². The molecule has 5 heteroatoms. The molecule has 1 aliphatic rings. The third kappa shape index (κ3) is 2.61. The molecule has 0 aromatic heterocycles. The molecule has 1 aromatic carbocycles. The molecule has 0 unspecified atom stereocenters. The maximum Gasteiger partial charge on any atom is 0.303 e. The number of hydrogen-bond acceptors (Lipinski definition) is 4. The van der Waals surface area contributed by atoms with Gasteiger partial charge in [-0.1, -0.05) is 0 Å². The van der Waals surface area contributed by atoms with Gasteiger partial charge in [-0.15, -0.1) is 0 Å². The number of rotatable bonds is 4. The smallest absolute Gasteiger partial charge is 0.303 e. The highest BCUT2D eigenvalue weighted by atomic mass is 16.6. The van der Waals surface area contributed by atoms with Gasteiger partial charge in [0.15, 0.2) is 11.5 Å². The summed E-state index contributed by atoms with van der Waals surface area (Å²) in [6, 6.07) is 3.59. The van der Waals surface area contributed by atoms with Crippen LogP contribution in [0, 0.1) is 0 Å². The molecule has 0 saturated heterocycles. The summed E-state index contributed by atoms with van der Waals surface area (Å²) in [5.41, 5.74) is 0.869. The number of ether oxygens (including phenoxy) is 3. The number of carboxylic acids is 1.